The fourth-order valence-electron chi connectivity index (χ4n) is 4.65. The largest absolute Gasteiger partial charge is 0.504 e. The lowest BCUT2D eigenvalue weighted by molar-refractivity contribution is 0.133. The number of methoxy groups -OCH3 is 1. The zero-order valence-electron chi connectivity index (χ0n) is 14.4. The van der Waals surface area contributed by atoms with E-state index in [1.165, 1.54) is 22.3 Å². The number of hydrogen-bond acceptors (Lipinski definition) is 5. The van der Waals surface area contributed by atoms with Gasteiger partial charge in [0.2, 0.25) is 6.79 Å². The van der Waals surface area contributed by atoms with Crippen LogP contribution in [0, 0.1) is 0 Å². The van der Waals surface area contributed by atoms with Crippen LogP contribution in [0.4, 0.5) is 0 Å². The zero-order valence-corrected chi connectivity index (χ0v) is 14.4. The molecule has 25 heavy (non-hydrogen) atoms. The number of benzene rings is 2. The molecule has 3 aliphatic heterocycles. The predicted octanol–water partition coefficient (Wildman–Crippen LogP) is 3.35. The standard InChI is InChI=1S/C20H21NO4/c1-11-13-3-4-17-20(25-10-24-17)15(13)9-21-6-5-12-7-16(22)18(23-2)8-14(12)19(11)21/h3-4,7-8,11,19,22H,5-6,9-10H2,1-2H3/t11-,19-/m1/s1. The topological polar surface area (TPSA) is 51.2 Å². The van der Waals surface area contributed by atoms with E-state index in [2.05, 4.69) is 17.9 Å². The summed E-state index contributed by atoms with van der Waals surface area (Å²) in [5.41, 5.74) is 5.06. The maximum absolute atomic E-state index is 10.1. The van der Waals surface area contributed by atoms with Gasteiger partial charge in [-0.1, -0.05) is 13.0 Å². The van der Waals surface area contributed by atoms with Gasteiger partial charge in [-0.15, -0.1) is 0 Å². The van der Waals surface area contributed by atoms with Gasteiger partial charge in [0.25, 0.3) is 0 Å². The summed E-state index contributed by atoms with van der Waals surface area (Å²) in [4.78, 5) is 2.51. The Kier molecular flexibility index (Phi) is 3.16. The molecule has 0 radical (unpaired) electrons. The SMILES string of the molecule is COc1cc2c(cc1O)CCN1Cc3c(ccc4c3OCO4)[C@@H](C)[C@H]21. The Morgan fingerprint density at radius 1 is 1.20 bits per heavy atom. The van der Waals surface area contributed by atoms with Crippen molar-refractivity contribution < 1.29 is 19.3 Å². The lowest BCUT2D eigenvalue weighted by Gasteiger charge is -2.45. The van der Waals surface area contributed by atoms with Crippen LogP contribution >= 0.6 is 0 Å². The molecule has 1 N–H and O–H groups in total. The van der Waals surface area contributed by atoms with E-state index in [1.54, 1.807) is 7.11 Å². The Labute approximate surface area is 146 Å². The summed E-state index contributed by atoms with van der Waals surface area (Å²) < 4.78 is 16.6. The number of phenols is 1. The number of fused-ring (bicyclic) bond motifs is 6. The Morgan fingerprint density at radius 2 is 2.08 bits per heavy atom. The third-order valence-electron chi connectivity index (χ3n) is 5.82. The lowest BCUT2D eigenvalue weighted by atomic mass is 9.77. The van der Waals surface area contributed by atoms with Crippen LogP contribution in [0.15, 0.2) is 24.3 Å². The maximum Gasteiger partial charge on any atom is 0.231 e. The normalized spacial score (nSPS) is 23.6. The highest BCUT2D eigenvalue weighted by Crippen LogP contribution is 2.51. The quantitative estimate of drug-likeness (QED) is 0.863. The number of ether oxygens (including phenoxy) is 3. The first-order valence-electron chi connectivity index (χ1n) is 8.72. The summed E-state index contributed by atoms with van der Waals surface area (Å²) in [6.45, 7) is 4.41. The fourth-order valence-corrected chi connectivity index (χ4v) is 4.65. The van der Waals surface area contributed by atoms with E-state index in [0.717, 1.165) is 31.0 Å². The third kappa shape index (κ3) is 2.05. The Hall–Kier alpha value is -2.40. The molecule has 2 aromatic rings. The highest BCUT2D eigenvalue weighted by Gasteiger charge is 2.40. The summed E-state index contributed by atoms with van der Waals surface area (Å²) in [7, 11) is 1.60. The van der Waals surface area contributed by atoms with Crippen molar-refractivity contribution in [1.29, 1.82) is 0 Å². The van der Waals surface area contributed by atoms with Gasteiger partial charge in [0.05, 0.1) is 7.11 Å². The van der Waals surface area contributed by atoms with Crippen molar-refractivity contribution in [2.45, 2.75) is 31.8 Å². The van der Waals surface area contributed by atoms with E-state index >= 15 is 0 Å². The van der Waals surface area contributed by atoms with Crippen LogP contribution in [0.25, 0.3) is 0 Å². The van der Waals surface area contributed by atoms with Crippen LogP contribution in [-0.2, 0) is 13.0 Å². The van der Waals surface area contributed by atoms with E-state index in [-0.39, 0.29) is 11.8 Å². The average Bonchev–Trinajstić information content (AvgIpc) is 3.10. The monoisotopic (exact) mass is 339 g/mol. The van der Waals surface area contributed by atoms with Gasteiger partial charge in [-0.25, -0.2) is 0 Å². The van der Waals surface area contributed by atoms with Crippen LogP contribution in [0.2, 0.25) is 0 Å². The number of rotatable bonds is 1. The molecule has 0 fully saturated rings. The van der Waals surface area contributed by atoms with Gasteiger partial charge in [0, 0.05) is 30.6 Å². The molecule has 5 rings (SSSR count). The first-order valence-corrected chi connectivity index (χ1v) is 8.72. The number of aromatic hydroxyl groups is 1. The molecule has 130 valence electrons. The van der Waals surface area contributed by atoms with Crippen LogP contribution < -0.4 is 14.2 Å². The average molecular weight is 339 g/mol. The van der Waals surface area contributed by atoms with Crippen molar-refractivity contribution in [2.24, 2.45) is 0 Å². The van der Waals surface area contributed by atoms with E-state index in [1.807, 2.05) is 18.2 Å². The minimum Gasteiger partial charge on any atom is -0.504 e. The highest BCUT2D eigenvalue weighted by molar-refractivity contribution is 5.56. The number of phenolic OH excluding ortho intramolecular Hbond substituents is 1. The van der Waals surface area contributed by atoms with E-state index in [4.69, 9.17) is 14.2 Å². The Bertz CT molecular complexity index is 863. The molecule has 5 heteroatoms. The second-order valence-corrected chi connectivity index (χ2v) is 7.04. The molecule has 5 nitrogen and oxygen atoms in total. The van der Waals surface area contributed by atoms with Crippen LogP contribution in [0.1, 0.15) is 41.1 Å². The Morgan fingerprint density at radius 3 is 2.92 bits per heavy atom. The van der Waals surface area contributed by atoms with Gasteiger partial charge in [0.15, 0.2) is 23.0 Å². The molecule has 0 saturated carbocycles. The molecular weight excluding hydrogens is 318 g/mol. The zero-order chi connectivity index (χ0) is 17.1. The summed E-state index contributed by atoms with van der Waals surface area (Å²) in [5.74, 6) is 2.86. The van der Waals surface area contributed by atoms with Gasteiger partial charge in [0.1, 0.15) is 0 Å². The van der Waals surface area contributed by atoms with Crippen molar-refractivity contribution in [1.82, 2.24) is 4.90 Å². The molecule has 3 aliphatic rings. The molecule has 0 saturated heterocycles. The summed E-state index contributed by atoms with van der Waals surface area (Å²) in [5, 5.41) is 10.1. The summed E-state index contributed by atoms with van der Waals surface area (Å²) in [6.07, 6.45) is 0.928. The second kappa shape index (κ2) is 5.30. The first kappa shape index (κ1) is 14.9. The van der Waals surface area contributed by atoms with Crippen LogP contribution in [0.3, 0.4) is 0 Å². The minimum atomic E-state index is 0.224. The van der Waals surface area contributed by atoms with Gasteiger partial charge >= 0.3 is 0 Å². The Balaban J connectivity index is 1.63. The van der Waals surface area contributed by atoms with Crippen LogP contribution in [0.5, 0.6) is 23.0 Å². The molecular formula is C20H21NO4. The predicted molar refractivity (Wildman–Crippen MR) is 92.5 cm³/mol. The van der Waals surface area contributed by atoms with Gasteiger partial charge in [-0.05, 0) is 41.3 Å². The van der Waals surface area contributed by atoms with Crippen molar-refractivity contribution in [2.75, 3.05) is 20.4 Å². The minimum absolute atomic E-state index is 0.224. The molecule has 2 aromatic carbocycles. The molecule has 0 amide bonds. The molecule has 0 unspecified atom stereocenters. The van der Waals surface area contributed by atoms with Gasteiger partial charge in [-0.2, -0.15) is 0 Å². The van der Waals surface area contributed by atoms with E-state index in [0.29, 0.717) is 18.5 Å². The highest BCUT2D eigenvalue weighted by atomic mass is 16.7. The van der Waals surface area contributed by atoms with E-state index in [9.17, 15) is 5.11 Å². The number of nitrogens with zero attached hydrogens (tertiary/aromatic N) is 1. The lowest BCUT2D eigenvalue weighted by Crippen LogP contribution is -2.41. The smallest absolute Gasteiger partial charge is 0.231 e. The second-order valence-electron chi connectivity index (χ2n) is 7.04. The number of hydrogen-bond donors (Lipinski definition) is 1. The van der Waals surface area contributed by atoms with Crippen molar-refractivity contribution in [3.63, 3.8) is 0 Å². The van der Waals surface area contributed by atoms with Crippen molar-refractivity contribution in [3.8, 4) is 23.0 Å². The summed E-state index contributed by atoms with van der Waals surface area (Å²) in [6, 6.07) is 8.36. The molecule has 0 aromatic heterocycles. The third-order valence-corrected chi connectivity index (χ3v) is 5.82. The fraction of sp³-hybridized carbons (Fsp3) is 0.400. The molecule has 2 atom stereocenters. The first-order chi connectivity index (χ1) is 12.2. The maximum atomic E-state index is 10.1. The molecule has 0 spiro atoms. The van der Waals surface area contributed by atoms with Gasteiger partial charge in [-0.3, -0.25) is 4.90 Å². The van der Waals surface area contributed by atoms with Crippen molar-refractivity contribution >= 4 is 0 Å². The van der Waals surface area contributed by atoms with Crippen molar-refractivity contribution in [3.05, 3.63) is 46.5 Å². The molecule has 3 heterocycles. The van der Waals surface area contributed by atoms with Crippen LogP contribution in [-0.4, -0.2) is 30.5 Å². The molecule has 0 aliphatic carbocycles. The van der Waals surface area contributed by atoms with Gasteiger partial charge < -0.3 is 19.3 Å². The van der Waals surface area contributed by atoms with E-state index < -0.39 is 0 Å². The summed E-state index contributed by atoms with van der Waals surface area (Å²) >= 11 is 0. The molecule has 0 bridgehead atoms.